The Kier molecular flexibility index (Phi) is 6.69. The number of anilines is 1. The molecule has 0 radical (unpaired) electrons. The Morgan fingerprint density at radius 1 is 1.03 bits per heavy atom. The SMILES string of the molecule is O=c1c(Cl)c(NCC(c2ccc(Cl)cc2)N2CCOCC2)cnn1-c1ccccc1. The van der Waals surface area contributed by atoms with Gasteiger partial charge in [0.25, 0.3) is 5.56 Å². The van der Waals surface area contributed by atoms with Crippen molar-refractivity contribution in [2.24, 2.45) is 0 Å². The van der Waals surface area contributed by atoms with E-state index in [4.69, 9.17) is 27.9 Å². The molecule has 1 saturated heterocycles. The number of morpholine rings is 1. The third-order valence-corrected chi connectivity index (χ3v) is 5.76. The van der Waals surface area contributed by atoms with Crippen molar-refractivity contribution in [3.05, 3.63) is 86.8 Å². The van der Waals surface area contributed by atoms with Crippen molar-refractivity contribution in [1.29, 1.82) is 0 Å². The summed E-state index contributed by atoms with van der Waals surface area (Å²) in [5.41, 5.74) is 1.96. The van der Waals surface area contributed by atoms with Crippen LogP contribution < -0.4 is 10.9 Å². The highest BCUT2D eigenvalue weighted by Crippen LogP contribution is 2.25. The lowest BCUT2D eigenvalue weighted by molar-refractivity contribution is 0.0187. The minimum Gasteiger partial charge on any atom is -0.380 e. The van der Waals surface area contributed by atoms with Crippen molar-refractivity contribution in [2.75, 3.05) is 38.2 Å². The van der Waals surface area contributed by atoms with Crippen LogP contribution in [0.4, 0.5) is 5.69 Å². The summed E-state index contributed by atoms with van der Waals surface area (Å²) < 4.78 is 6.80. The predicted molar refractivity (Wildman–Crippen MR) is 120 cm³/mol. The molecular weight excluding hydrogens is 423 g/mol. The van der Waals surface area contributed by atoms with E-state index in [1.165, 1.54) is 4.68 Å². The van der Waals surface area contributed by atoms with E-state index in [-0.39, 0.29) is 16.6 Å². The Labute approximate surface area is 185 Å². The summed E-state index contributed by atoms with van der Waals surface area (Å²) in [5, 5.41) is 8.42. The fraction of sp³-hybridized carbons (Fsp3) is 0.273. The van der Waals surface area contributed by atoms with Gasteiger partial charge < -0.3 is 10.1 Å². The third-order valence-electron chi connectivity index (χ3n) is 5.15. The first kappa shape index (κ1) is 20.9. The molecule has 2 heterocycles. The first-order valence-corrected chi connectivity index (χ1v) is 10.5. The molecule has 30 heavy (non-hydrogen) atoms. The molecular formula is C22H22Cl2N4O2. The van der Waals surface area contributed by atoms with Gasteiger partial charge in [-0.2, -0.15) is 9.78 Å². The minimum absolute atomic E-state index is 0.0822. The van der Waals surface area contributed by atoms with Crippen molar-refractivity contribution < 1.29 is 4.74 Å². The van der Waals surface area contributed by atoms with Gasteiger partial charge in [-0.15, -0.1) is 0 Å². The summed E-state index contributed by atoms with van der Waals surface area (Å²) in [5.74, 6) is 0. The maximum Gasteiger partial charge on any atom is 0.292 e. The van der Waals surface area contributed by atoms with Crippen molar-refractivity contribution in [1.82, 2.24) is 14.7 Å². The average molecular weight is 445 g/mol. The van der Waals surface area contributed by atoms with Crippen LogP contribution in [0.5, 0.6) is 0 Å². The Balaban J connectivity index is 1.56. The molecule has 0 aliphatic carbocycles. The van der Waals surface area contributed by atoms with E-state index in [9.17, 15) is 4.79 Å². The standard InChI is InChI=1S/C22H22Cl2N4O2/c23-17-8-6-16(7-9-17)20(27-10-12-30-13-11-27)15-25-19-14-26-28(22(29)21(19)24)18-4-2-1-3-5-18/h1-9,14,20,25H,10-13,15H2. The molecule has 6 nitrogen and oxygen atoms in total. The fourth-order valence-electron chi connectivity index (χ4n) is 3.55. The van der Waals surface area contributed by atoms with E-state index in [0.29, 0.717) is 36.2 Å². The maximum absolute atomic E-state index is 12.7. The molecule has 2 aromatic carbocycles. The van der Waals surface area contributed by atoms with Crippen LogP contribution in [0.15, 0.2) is 65.6 Å². The number of hydrogen-bond donors (Lipinski definition) is 1. The van der Waals surface area contributed by atoms with Gasteiger partial charge in [0.2, 0.25) is 0 Å². The predicted octanol–water partition coefficient (Wildman–Crippen LogP) is 4.02. The molecule has 1 N–H and O–H groups in total. The molecule has 0 bridgehead atoms. The number of nitrogens with zero attached hydrogens (tertiary/aromatic N) is 3. The molecule has 1 fully saturated rings. The van der Waals surface area contributed by atoms with Crippen LogP contribution in [-0.2, 0) is 4.74 Å². The number of ether oxygens (including phenoxy) is 1. The smallest absolute Gasteiger partial charge is 0.292 e. The quantitative estimate of drug-likeness (QED) is 0.621. The Morgan fingerprint density at radius 2 is 1.73 bits per heavy atom. The van der Waals surface area contributed by atoms with Gasteiger partial charge in [-0.1, -0.05) is 53.5 Å². The van der Waals surface area contributed by atoms with Crippen molar-refractivity contribution in [3.63, 3.8) is 0 Å². The summed E-state index contributed by atoms with van der Waals surface area (Å²) >= 11 is 12.5. The lowest BCUT2D eigenvalue weighted by Crippen LogP contribution is -2.41. The zero-order valence-electron chi connectivity index (χ0n) is 16.3. The lowest BCUT2D eigenvalue weighted by Gasteiger charge is -2.35. The van der Waals surface area contributed by atoms with Crippen LogP contribution in [-0.4, -0.2) is 47.5 Å². The number of rotatable bonds is 6. The van der Waals surface area contributed by atoms with E-state index in [1.54, 1.807) is 6.20 Å². The number of nitrogens with one attached hydrogen (secondary N) is 1. The van der Waals surface area contributed by atoms with Gasteiger partial charge in [-0.25, -0.2) is 0 Å². The van der Waals surface area contributed by atoms with Gasteiger partial charge in [0.1, 0.15) is 5.02 Å². The molecule has 0 saturated carbocycles. The topological polar surface area (TPSA) is 59.4 Å². The molecule has 0 amide bonds. The van der Waals surface area contributed by atoms with Crippen molar-refractivity contribution in [3.8, 4) is 5.69 Å². The van der Waals surface area contributed by atoms with Crippen LogP contribution >= 0.6 is 23.2 Å². The van der Waals surface area contributed by atoms with Gasteiger partial charge >= 0.3 is 0 Å². The monoisotopic (exact) mass is 444 g/mol. The average Bonchev–Trinajstić information content (AvgIpc) is 2.79. The molecule has 1 aromatic heterocycles. The Hall–Kier alpha value is -2.38. The van der Waals surface area contributed by atoms with Crippen molar-refractivity contribution >= 4 is 28.9 Å². The number of para-hydroxylation sites is 1. The maximum atomic E-state index is 12.7. The molecule has 1 unspecified atom stereocenters. The summed E-state index contributed by atoms with van der Waals surface area (Å²) in [6.07, 6.45) is 1.59. The number of benzene rings is 2. The third kappa shape index (κ3) is 4.68. The van der Waals surface area contributed by atoms with Gasteiger partial charge in [0.15, 0.2) is 0 Å². The summed E-state index contributed by atoms with van der Waals surface area (Å²) in [6, 6.07) is 17.1. The summed E-state index contributed by atoms with van der Waals surface area (Å²) in [6.45, 7) is 3.62. The van der Waals surface area contributed by atoms with Gasteiger partial charge in [-0.05, 0) is 29.8 Å². The molecule has 8 heteroatoms. The normalized spacial score (nSPS) is 15.7. The highest BCUT2D eigenvalue weighted by Gasteiger charge is 2.23. The van der Waals surface area contributed by atoms with Gasteiger partial charge in [-0.3, -0.25) is 9.69 Å². The minimum atomic E-state index is -0.359. The molecule has 0 spiro atoms. The highest BCUT2D eigenvalue weighted by molar-refractivity contribution is 6.33. The second-order valence-corrected chi connectivity index (χ2v) is 7.84. The van der Waals surface area contributed by atoms with Crippen LogP contribution in [0.1, 0.15) is 11.6 Å². The van der Waals surface area contributed by atoms with Crippen LogP contribution in [0.3, 0.4) is 0 Å². The molecule has 156 valence electrons. The Morgan fingerprint density at radius 3 is 2.43 bits per heavy atom. The fourth-order valence-corrected chi connectivity index (χ4v) is 3.87. The zero-order valence-corrected chi connectivity index (χ0v) is 17.8. The van der Waals surface area contributed by atoms with Crippen LogP contribution in [0.25, 0.3) is 5.69 Å². The van der Waals surface area contributed by atoms with Crippen molar-refractivity contribution in [2.45, 2.75) is 6.04 Å². The zero-order chi connectivity index (χ0) is 20.9. The number of halogens is 2. The number of hydrogen-bond acceptors (Lipinski definition) is 5. The first-order valence-electron chi connectivity index (χ1n) is 9.78. The second-order valence-electron chi connectivity index (χ2n) is 7.02. The molecule has 4 rings (SSSR count). The van der Waals surface area contributed by atoms with E-state index in [2.05, 4.69) is 15.3 Å². The van der Waals surface area contributed by atoms with E-state index >= 15 is 0 Å². The largest absolute Gasteiger partial charge is 0.380 e. The van der Waals surface area contributed by atoms with Crippen LogP contribution in [0.2, 0.25) is 10.0 Å². The van der Waals surface area contributed by atoms with E-state index in [1.807, 2.05) is 54.6 Å². The second kappa shape index (κ2) is 9.62. The van der Waals surface area contributed by atoms with Gasteiger partial charge in [0, 0.05) is 24.7 Å². The molecule has 3 aromatic rings. The number of aromatic nitrogens is 2. The Bertz CT molecular complexity index is 1040. The summed E-state index contributed by atoms with van der Waals surface area (Å²) in [7, 11) is 0. The van der Waals surface area contributed by atoms with E-state index in [0.717, 1.165) is 18.7 Å². The summed E-state index contributed by atoms with van der Waals surface area (Å²) in [4.78, 5) is 15.1. The highest BCUT2D eigenvalue weighted by atomic mass is 35.5. The molecule has 1 atom stereocenters. The molecule has 1 aliphatic heterocycles. The molecule has 1 aliphatic rings. The first-order chi connectivity index (χ1) is 14.6. The van der Waals surface area contributed by atoms with Crippen LogP contribution in [0, 0.1) is 0 Å². The van der Waals surface area contributed by atoms with Gasteiger partial charge in [0.05, 0.1) is 36.8 Å². The lowest BCUT2D eigenvalue weighted by atomic mass is 10.0. The van der Waals surface area contributed by atoms with E-state index < -0.39 is 0 Å².